The second kappa shape index (κ2) is 8.11. The summed E-state index contributed by atoms with van der Waals surface area (Å²) < 4.78 is 44.2. The molecule has 0 amide bonds. The maximum atomic E-state index is 12.9. The Bertz CT molecular complexity index is 464. The van der Waals surface area contributed by atoms with Crippen molar-refractivity contribution in [3.63, 3.8) is 0 Å². The molecule has 0 bridgehead atoms. The molecule has 0 aromatic heterocycles. The van der Waals surface area contributed by atoms with E-state index in [2.05, 4.69) is 0 Å². The molecule has 0 fully saturated rings. The number of halogens is 3. The molecule has 0 spiro atoms. The highest BCUT2D eigenvalue weighted by Gasteiger charge is 2.31. The van der Waals surface area contributed by atoms with Gasteiger partial charge in [0.2, 0.25) is 0 Å². The second-order valence-electron chi connectivity index (χ2n) is 4.90. The molecule has 0 aliphatic rings. The molecular formula is C17H23F3O. The fraction of sp³-hybridized carbons (Fsp3) is 0.529. The van der Waals surface area contributed by atoms with Crippen molar-refractivity contribution >= 4 is 0 Å². The van der Waals surface area contributed by atoms with Gasteiger partial charge in [-0.3, -0.25) is 0 Å². The van der Waals surface area contributed by atoms with Crippen LogP contribution in [-0.2, 0) is 6.18 Å². The molecule has 4 heteroatoms. The van der Waals surface area contributed by atoms with Gasteiger partial charge in [-0.25, -0.2) is 0 Å². The van der Waals surface area contributed by atoms with Crippen LogP contribution in [0.25, 0.3) is 0 Å². The summed E-state index contributed by atoms with van der Waals surface area (Å²) in [6.07, 6.45) is 2.18. The minimum Gasteiger partial charge on any atom is -0.494 e. The first-order valence-corrected chi connectivity index (χ1v) is 7.42. The molecule has 1 aromatic carbocycles. The number of allylic oxidation sites excluding steroid dienone is 2. The minimum atomic E-state index is -4.32. The highest BCUT2D eigenvalue weighted by molar-refractivity contribution is 5.41. The van der Waals surface area contributed by atoms with E-state index in [0.29, 0.717) is 17.9 Å². The zero-order chi connectivity index (χ0) is 15.9. The molecule has 0 saturated heterocycles. The van der Waals surface area contributed by atoms with E-state index in [0.717, 1.165) is 25.3 Å². The maximum Gasteiger partial charge on any atom is 0.416 e. The molecule has 0 heterocycles. The number of hydrogen-bond acceptors (Lipinski definition) is 1. The van der Waals surface area contributed by atoms with Crippen molar-refractivity contribution in [2.45, 2.75) is 52.1 Å². The lowest BCUT2D eigenvalue weighted by Gasteiger charge is -2.20. The van der Waals surface area contributed by atoms with Crippen LogP contribution in [0.5, 0.6) is 5.75 Å². The average molecular weight is 300 g/mol. The van der Waals surface area contributed by atoms with Crippen molar-refractivity contribution in [2.24, 2.45) is 0 Å². The van der Waals surface area contributed by atoms with Gasteiger partial charge >= 0.3 is 6.18 Å². The van der Waals surface area contributed by atoms with E-state index >= 15 is 0 Å². The van der Waals surface area contributed by atoms with Crippen molar-refractivity contribution in [2.75, 3.05) is 6.61 Å². The van der Waals surface area contributed by atoms with Crippen LogP contribution in [0.3, 0.4) is 0 Å². The van der Waals surface area contributed by atoms with E-state index in [1.807, 2.05) is 32.9 Å². The van der Waals surface area contributed by atoms with Crippen LogP contribution < -0.4 is 4.74 Å². The third-order valence-corrected chi connectivity index (χ3v) is 3.39. The van der Waals surface area contributed by atoms with Crippen LogP contribution in [0.4, 0.5) is 13.2 Å². The first-order chi connectivity index (χ1) is 9.93. The van der Waals surface area contributed by atoms with Crippen molar-refractivity contribution in [3.8, 4) is 5.75 Å². The third kappa shape index (κ3) is 5.10. The van der Waals surface area contributed by atoms with Gasteiger partial charge in [-0.2, -0.15) is 13.2 Å². The predicted octanol–water partition coefficient (Wildman–Crippen LogP) is 5.95. The Balaban J connectivity index is 3.16. The summed E-state index contributed by atoms with van der Waals surface area (Å²) in [5.41, 5.74) is 0.0359. The van der Waals surface area contributed by atoms with E-state index in [-0.39, 0.29) is 5.92 Å². The van der Waals surface area contributed by atoms with Gasteiger partial charge in [0, 0.05) is 0 Å². The summed E-state index contributed by atoms with van der Waals surface area (Å²) in [6.45, 7) is 6.30. The zero-order valence-electron chi connectivity index (χ0n) is 12.8. The molecule has 118 valence electrons. The van der Waals surface area contributed by atoms with Gasteiger partial charge in [-0.15, -0.1) is 0 Å². The molecule has 1 unspecified atom stereocenters. The number of ether oxygens (including phenoxy) is 1. The number of rotatable bonds is 7. The third-order valence-electron chi connectivity index (χ3n) is 3.39. The summed E-state index contributed by atoms with van der Waals surface area (Å²) in [6, 6.07) is 3.76. The largest absolute Gasteiger partial charge is 0.494 e. The Morgan fingerprint density at radius 1 is 1.14 bits per heavy atom. The summed E-state index contributed by atoms with van der Waals surface area (Å²) in [5, 5.41) is 0. The zero-order valence-corrected chi connectivity index (χ0v) is 12.8. The van der Waals surface area contributed by atoms with Crippen molar-refractivity contribution in [1.29, 1.82) is 0 Å². The van der Waals surface area contributed by atoms with Gasteiger partial charge < -0.3 is 4.74 Å². The molecule has 0 aliphatic heterocycles. The molecular weight excluding hydrogens is 277 g/mol. The Hall–Kier alpha value is -1.45. The van der Waals surface area contributed by atoms with E-state index < -0.39 is 11.7 Å². The smallest absolute Gasteiger partial charge is 0.416 e. The van der Waals surface area contributed by atoms with Gasteiger partial charge in [-0.1, -0.05) is 26.0 Å². The molecule has 0 N–H and O–H groups in total. The molecule has 0 aliphatic carbocycles. The number of benzene rings is 1. The van der Waals surface area contributed by atoms with E-state index in [1.165, 1.54) is 12.1 Å². The van der Waals surface area contributed by atoms with Crippen molar-refractivity contribution in [3.05, 3.63) is 41.5 Å². The van der Waals surface area contributed by atoms with Gasteiger partial charge in [0.25, 0.3) is 0 Å². The Morgan fingerprint density at radius 3 is 2.38 bits per heavy atom. The molecule has 1 rings (SSSR count). The van der Waals surface area contributed by atoms with Crippen LogP contribution >= 0.6 is 0 Å². The lowest BCUT2D eigenvalue weighted by Crippen LogP contribution is -2.09. The quantitative estimate of drug-likeness (QED) is 0.565. The lowest BCUT2D eigenvalue weighted by molar-refractivity contribution is -0.137. The molecule has 1 aromatic rings. The Morgan fingerprint density at radius 2 is 1.86 bits per heavy atom. The van der Waals surface area contributed by atoms with Crippen molar-refractivity contribution < 1.29 is 17.9 Å². The highest BCUT2D eigenvalue weighted by atomic mass is 19.4. The minimum absolute atomic E-state index is 0.0386. The maximum absolute atomic E-state index is 12.9. The van der Waals surface area contributed by atoms with Gasteiger partial charge in [0.1, 0.15) is 5.75 Å². The fourth-order valence-electron chi connectivity index (χ4n) is 2.27. The van der Waals surface area contributed by atoms with Gasteiger partial charge in [-0.05, 0) is 55.9 Å². The molecule has 1 nitrogen and oxygen atoms in total. The average Bonchev–Trinajstić information content (AvgIpc) is 2.44. The summed E-state index contributed by atoms with van der Waals surface area (Å²) in [4.78, 5) is 0. The lowest BCUT2D eigenvalue weighted by atomic mass is 9.90. The van der Waals surface area contributed by atoms with E-state index in [1.54, 1.807) is 0 Å². The number of alkyl halides is 3. The van der Waals surface area contributed by atoms with Crippen LogP contribution in [0, 0.1) is 0 Å². The van der Waals surface area contributed by atoms with Crippen LogP contribution in [0.1, 0.15) is 57.1 Å². The first-order valence-electron chi connectivity index (χ1n) is 7.42. The SMILES string of the molecule is CC/C=C\CC(CC)c1cc(C(F)(F)F)ccc1OCC. The molecule has 0 radical (unpaired) electrons. The summed E-state index contributed by atoms with van der Waals surface area (Å²) in [5.74, 6) is 0.596. The molecule has 0 saturated carbocycles. The van der Waals surface area contributed by atoms with Crippen LogP contribution in [-0.4, -0.2) is 6.61 Å². The normalized spacial score (nSPS) is 13.6. The second-order valence-corrected chi connectivity index (χ2v) is 4.90. The topological polar surface area (TPSA) is 9.23 Å². The van der Waals surface area contributed by atoms with Crippen LogP contribution in [0.2, 0.25) is 0 Å². The Kier molecular flexibility index (Phi) is 6.79. The molecule has 1 atom stereocenters. The van der Waals surface area contributed by atoms with E-state index in [9.17, 15) is 13.2 Å². The first kappa shape index (κ1) is 17.6. The van der Waals surface area contributed by atoms with Crippen LogP contribution in [0.15, 0.2) is 30.4 Å². The molecule has 21 heavy (non-hydrogen) atoms. The highest BCUT2D eigenvalue weighted by Crippen LogP contribution is 2.37. The van der Waals surface area contributed by atoms with Gasteiger partial charge in [0.15, 0.2) is 0 Å². The summed E-state index contributed by atoms with van der Waals surface area (Å²) in [7, 11) is 0. The Labute approximate surface area is 124 Å². The summed E-state index contributed by atoms with van der Waals surface area (Å²) >= 11 is 0. The predicted molar refractivity (Wildman–Crippen MR) is 79.7 cm³/mol. The fourth-order valence-corrected chi connectivity index (χ4v) is 2.27. The monoisotopic (exact) mass is 300 g/mol. The van der Waals surface area contributed by atoms with E-state index in [4.69, 9.17) is 4.74 Å². The number of hydrogen-bond donors (Lipinski definition) is 0. The standard InChI is InChI=1S/C17H23F3O/c1-4-7-8-9-13(5-2)15-12-14(17(18,19)20)10-11-16(15)21-6-3/h7-8,10-13H,4-6,9H2,1-3H3/b8-7-. The van der Waals surface area contributed by atoms with Crippen molar-refractivity contribution in [1.82, 2.24) is 0 Å². The van der Waals surface area contributed by atoms with Gasteiger partial charge in [0.05, 0.1) is 12.2 Å².